The molecule has 0 rings (SSSR count). The molecule has 0 aliphatic carbocycles. The first-order chi connectivity index (χ1) is 6.00. The van der Waals surface area contributed by atoms with E-state index in [1.807, 2.05) is 0 Å². The molecule has 0 bridgehead atoms. The van der Waals surface area contributed by atoms with Crippen LogP contribution in [0.4, 0.5) is 0 Å². The van der Waals surface area contributed by atoms with E-state index in [2.05, 4.69) is 0 Å². The second-order valence-corrected chi connectivity index (χ2v) is 0. The van der Waals surface area contributed by atoms with Crippen LogP contribution in [0.25, 0.3) is 0 Å². The van der Waals surface area contributed by atoms with Crippen LogP contribution in [-0.4, -0.2) is 0 Å². The van der Waals surface area contributed by atoms with Crippen molar-refractivity contribution in [1.82, 2.24) is 0 Å². The molecule has 0 spiro atoms. The molecule has 0 radical (unpaired) electrons. The number of hydrogen-bond acceptors (Lipinski definition) is 6. The zero-order valence-corrected chi connectivity index (χ0v) is 11.3. The molecule has 0 saturated carbocycles. The van der Waals surface area contributed by atoms with Crippen LogP contribution in [0.5, 0.6) is 0 Å². The quantitative estimate of drug-likeness (QED) is 0.582. The molecule has 0 aromatic heterocycles. The van der Waals surface area contributed by atoms with Crippen LogP contribution in [0.3, 0.4) is 0 Å². The van der Waals surface area contributed by atoms with E-state index in [0.29, 0.717) is 0 Å². The van der Waals surface area contributed by atoms with Gasteiger partial charge in [-0.2, -0.15) is 0 Å². The summed E-state index contributed by atoms with van der Waals surface area (Å²) in [6.07, 6.45) is 0. The van der Waals surface area contributed by atoms with E-state index >= 15 is 0 Å². The number of nitrogens with zero attached hydrogens (tertiary/aromatic N) is 6. The molecule has 6 nitrogen and oxygen atoms in total. The number of hydrogen-bond donors (Lipinski definition) is 0. The van der Waals surface area contributed by atoms with Gasteiger partial charge in [-0.1, -0.05) is 0 Å². The summed E-state index contributed by atoms with van der Waals surface area (Å²) in [5.74, 6) is 0. The third kappa shape index (κ3) is 536. The van der Waals surface area contributed by atoms with E-state index in [1.54, 1.807) is 0 Å². The minimum Gasteiger partial charge on any atom is -0.512 e. The van der Waals surface area contributed by atoms with E-state index in [-0.39, 0.29) is 52.4 Å². The van der Waals surface area contributed by atoms with Gasteiger partial charge in [-0.15, -0.1) is 0 Å². The van der Waals surface area contributed by atoms with E-state index < -0.39 is 0 Å². The zero-order chi connectivity index (χ0) is 12.0. The summed E-state index contributed by atoms with van der Waals surface area (Å²) < 4.78 is 0. The Morgan fingerprint density at radius 3 is 0.357 bits per heavy atom. The summed E-state index contributed by atoms with van der Waals surface area (Å²) in [5.41, 5.74) is 0. The molecule has 14 heavy (non-hydrogen) atoms. The molecule has 0 amide bonds. The molecular formula is C6CoLaN6. The summed E-state index contributed by atoms with van der Waals surface area (Å²) in [6.45, 7) is 28.5. The van der Waals surface area contributed by atoms with E-state index in [4.69, 9.17) is 71.0 Å². The van der Waals surface area contributed by atoms with Gasteiger partial charge in [0.1, 0.15) is 0 Å². The largest absolute Gasteiger partial charge is 3.00 e. The van der Waals surface area contributed by atoms with Crippen LogP contribution in [0.2, 0.25) is 0 Å². The Labute approximate surface area is 122 Å². The van der Waals surface area contributed by atoms with Crippen LogP contribution in [-0.2, 0) is 16.8 Å². The van der Waals surface area contributed by atoms with Gasteiger partial charge in [-0.05, 0) is 0 Å². The maximum atomic E-state index is 6.25. The second kappa shape index (κ2) is 714. The van der Waals surface area contributed by atoms with E-state index in [1.165, 1.54) is 0 Å². The summed E-state index contributed by atoms with van der Waals surface area (Å²) in [6, 6.07) is 0. The Hall–Kier alpha value is -1.36. The molecule has 0 saturated heterocycles. The molecule has 0 aliphatic rings. The molecule has 8 heteroatoms. The van der Waals surface area contributed by atoms with Crippen molar-refractivity contribution in [2.45, 2.75) is 0 Å². The Morgan fingerprint density at radius 2 is 0.357 bits per heavy atom. The molecule has 0 unspecified atom stereocenters. The van der Waals surface area contributed by atoms with Crippen molar-refractivity contribution < 1.29 is 52.4 Å². The minimum absolute atomic E-state index is 0. The summed E-state index contributed by atoms with van der Waals surface area (Å²) in [7, 11) is 0. The van der Waals surface area contributed by atoms with Gasteiger partial charge >= 0.3 is 52.4 Å². The van der Waals surface area contributed by atoms with Gasteiger partial charge in [-0.3, -0.25) is 0 Å². The fourth-order valence-corrected chi connectivity index (χ4v) is 0. The maximum absolute atomic E-state index is 6.25. The molecule has 0 fully saturated rings. The number of rotatable bonds is 0. The van der Waals surface area contributed by atoms with Gasteiger partial charge in [-0.25, -0.2) is 0 Å². The SMILES string of the molecule is [C-]#N.[C-]#N.[C-]#N.[C-]#N.[C-]#N.[C-]#N.[Co+3].[La+3]. The average Bonchev–Trinajstić information content (AvgIpc) is 2.33. The second-order valence-electron chi connectivity index (χ2n) is 0. The third-order valence-electron chi connectivity index (χ3n) is 0. The fraction of sp³-hybridized carbons (Fsp3) is 0. The molecule has 0 aromatic carbocycles. The zero-order valence-electron chi connectivity index (χ0n) is 6.59. The average molecular weight is 354 g/mol. The van der Waals surface area contributed by atoms with Crippen molar-refractivity contribution in [3.05, 3.63) is 39.4 Å². The van der Waals surface area contributed by atoms with Crippen molar-refractivity contribution in [3.63, 3.8) is 0 Å². The van der Waals surface area contributed by atoms with Gasteiger partial charge < -0.3 is 71.0 Å². The van der Waals surface area contributed by atoms with Crippen LogP contribution >= 0.6 is 0 Å². The molecule has 0 aromatic rings. The van der Waals surface area contributed by atoms with Crippen LogP contribution in [0.1, 0.15) is 0 Å². The minimum atomic E-state index is 0. The molecule has 0 heterocycles. The van der Waals surface area contributed by atoms with Gasteiger partial charge in [0, 0.05) is 0 Å². The molecular weight excluding hydrogens is 354 g/mol. The van der Waals surface area contributed by atoms with Crippen molar-refractivity contribution >= 4 is 0 Å². The third-order valence-corrected chi connectivity index (χ3v) is 0. The van der Waals surface area contributed by atoms with E-state index in [0.717, 1.165) is 0 Å². The molecule has 66 valence electrons. The van der Waals surface area contributed by atoms with Crippen molar-refractivity contribution in [3.8, 4) is 0 Å². The first-order valence-electron chi connectivity index (χ1n) is 1.34. The van der Waals surface area contributed by atoms with Crippen molar-refractivity contribution in [1.29, 1.82) is 31.6 Å². The summed E-state index contributed by atoms with van der Waals surface area (Å²) in [5, 5.41) is 37.5. The Morgan fingerprint density at radius 1 is 0.357 bits per heavy atom. The predicted molar refractivity (Wildman–Crippen MR) is 29.8 cm³/mol. The standard InChI is InChI=1S/6CN.Co.La/c6*1-2;;/q6*-1;2*+3. The van der Waals surface area contributed by atoms with Gasteiger partial charge in [0.05, 0.1) is 0 Å². The van der Waals surface area contributed by atoms with Crippen LogP contribution in [0, 0.1) is 107 Å². The van der Waals surface area contributed by atoms with Gasteiger partial charge in [0.25, 0.3) is 0 Å². The topological polar surface area (TPSA) is 143 Å². The van der Waals surface area contributed by atoms with Gasteiger partial charge in [0.15, 0.2) is 0 Å². The van der Waals surface area contributed by atoms with Gasteiger partial charge in [0.2, 0.25) is 0 Å². The van der Waals surface area contributed by atoms with Crippen LogP contribution in [0.15, 0.2) is 0 Å². The molecule has 0 N–H and O–H groups in total. The first kappa shape index (κ1) is 79.5. The van der Waals surface area contributed by atoms with E-state index in [9.17, 15) is 0 Å². The monoisotopic (exact) mass is 354 g/mol. The normalized spacial score (nSPS) is 0.857. The van der Waals surface area contributed by atoms with Crippen LogP contribution < -0.4 is 0 Å². The first-order valence-corrected chi connectivity index (χ1v) is 1.34. The van der Waals surface area contributed by atoms with Crippen molar-refractivity contribution in [2.24, 2.45) is 0 Å². The Balaban J connectivity index is -0.00000000500. The predicted octanol–water partition coefficient (Wildman–Crippen LogP) is 0.576. The molecule has 0 aliphatic heterocycles. The maximum Gasteiger partial charge on any atom is 3.00 e. The summed E-state index contributed by atoms with van der Waals surface area (Å²) in [4.78, 5) is 0. The smallest absolute Gasteiger partial charge is 0.512 e. The Bertz CT molecular complexity index is 97.3. The fourth-order valence-electron chi connectivity index (χ4n) is 0. The summed E-state index contributed by atoms with van der Waals surface area (Å²) >= 11 is 0. The Kier molecular flexibility index (Phi) is 4060. The molecule has 0 atom stereocenters. The van der Waals surface area contributed by atoms with Crippen molar-refractivity contribution in [2.75, 3.05) is 0 Å².